The Labute approximate surface area is 163 Å². The molecule has 2 N–H and O–H groups in total. The predicted octanol–water partition coefficient (Wildman–Crippen LogP) is 1.99. The van der Waals surface area contributed by atoms with Gasteiger partial charge in [0.05, 0.1) is 11.5 Å². The van der Waals surface area contributed by atoms with Gasteiger partial charge in [-0.3, -0.25) is 9.59 Å². The number of nitrogens with one attached hydrogen (secondary N) is 2. The summed E-state index contributed by atoms with van der Waals surface area (Å²) in [5.74, 6) is 0.123. The first-order valence-electron chi connectivity index (χ1n) is 8.88. The molecular weight excluding hydrogens is 366 g/mol. The highest BCUT2D eigenvalue weighted by Gasteiger charge is 2.31. The standard InChI is InChI=1S/C19H22ClN5O2/c1-21-19-23-10-15(11-24-19)18(27)25-9-7-14(12-25)17(26)22-8-6-13-2-4-16(20)5-3-13/h2-5,10-11,14H,6-9,12H2,1H3,(H,22,26)(H,21,23,24)/t14-/m1/s1. The van der Waals surface area contributed by atoms with E-state index in [1.807, 2.05) is 24.3 Å². The minimum Gasteiger partial charge on any atom is -0.357 e. The third kappa shape index (κ3) is 4.95. The Hall–Kier alpha value is -2.67. The van der Waals surface area contributed by atoms with Gasteiger partial charge in [0.2, 0.25) is 11.9 Å². The zero-order chi connectivity index (χ0) is 19.2. The summed E-state index contributed by atoms with van der Waals surface area (Å²) in [6.45, 7) is 1.53. The quantitative estimate of drug-likeness (QED) is 0.791. The van der Waals surface area contributed by atoms with Crippen LogP contribution in [-0.2, 0) is 11.2 Å². The highest BCUT2D eigenvalue weighted by Crippen LogP contribution is 2.19. The van der Waals surface area contributed by atoms with Gasteiger partial charge in [-0.15, -0.1) is 0 Å². The fraction of sp³-hybridized carbons (Fsp3) is 0.368. The number of benzene rings is 1. The SMILES string of the molecule is CNc1ncc(C(=O)N2CC[C@@H](C(=O)NCCc3ccc(Cl)cc3)C2)cn1. The molecule has 0 bridgehead atoms. The Morgan fingerprint density at radius 1 is 1.22 bits per heavy atom. The summed E-state index contributed by atoms with van der Waals surface area (Å²) in [4.78, 5) is 34.7. The number of hydrogen-bond acceptors (Lipinski definition) is 5. The number of likely N-dealkylation sites (tertiary alicyclic amines) is 1. The monoisotopic (exact) mass is 387 g/mol. The van der Waals surface area contributed by atoms with E-state index in [2.05, 4.69) is 20.6 Å². The molecule has 1 saturated heterocycles. The van der Waals surface area contributed by atoms with Gasteiger partial charge in [0, 0.05) is 44.1 Å². The summed E-state index contributed by atoms with van der Waals surface area (Å²) >= 11 is 5.87. The number of amides is 2. The van der Waals surface area contributed by atoms with E-state index in [-0.39, 0.29) is 17.7 Å². The van der Waals surface area contributed by atoms with Crippen LogP contribution in [0.1, 0.15) is 22.3 Å². The van der Waals surface area contributed by atoms with Gasteiger partial charge in [0.25, 0.3) is 5.91 Å². The fourth-order valence-electron chi connectivity index (χ4n) is 3.03. The van der Waals surface area contributed by atoms with E-state index in [0.29, 0.717) is 42.6 Å². The molecule has 8 heteroatoms. The van der Waals surface area contributed by atoms with Crippen molar-refractivity contribution >= 4 is 29.4 Å². The number of hydrogen-bond donors (Lipinski definition) is 2. The van der Waals surface area contributed by atoms with Crippen LogP contribution in [0.4, 0.5) is 5.95 Å². The number of carbonyl (C=O) groups is 2. The van der Waals surface area contributed by atoms with Crippen molar-refractivity contribution in [1.29, 1.82) is 0 Å². The second-order valence-electron chi connectivity index (χ2n) is 6.45. The maximum Gasteiger partial charge on any atom is 0.257 e. The first-order chi connectivity index (χ1) is 13.1. The van der Waals surface area contributed by atoms with Crippen molar-refractivity contribution in [2.24, 2.45) is 5.92 Å². The lowest BCUT2D eigenvalue weighted by Gasteiger charge is -2.16. The molecule has 0 spiro atoms. The zero-order valence-electron chi connectivity index (χ0n) is 15.1. The highest BCUT2D eigenvalue weighted by atomic mass is 35.5. The number of aromatic nitrogens is 2. The lowest BCUT2D eigenvalue weighted by atomic mass is 10.1. The van der Waals surface area contributed by atoms with E-state index >= 15 is 0 Å². The second kappa shape index (κ2) is 8.81. The molecule has 0 unspecified atom stereocenters. The fourth-order valence-corrected chi connectivity index (χ4v) is 3.16. The van der Waals surface area contributed by atoms with Crippen molar-refractivity contribution in [2.75, 3.05) is 32.0 Å². The largest absolute Gasteiger partial charge is 0.357 e. The Bertz CT molecular complexity index is 795. The van der Waals surface area contributed by atoms with Crippen molar-refractivity contribution in [2.45, 2.75) is 12.8 Å². The van der Waals surface area contributed by atoms with Crippen LogP contribution in [-0.4, -0.2) is 53.4 Å². The number of halogens is 1. The van der Waals surface area contributed by atoms with Gasteiger partial charge in [-0.25, -0.2) is 9.97 Å². The first-order valence-corrected chi connectivity index (χ1v) is 9.26. The van der Waals surface area contributed by atoms with Gasteiger partial charge >= 0.3 is 0 Å². The minimum absolute atomic E-state index is 0.0129. The minimum atomic E-state index is -0.184. The number of rotatable bonds is 6. The maximum absolute atomic E-state index is 12.5. The summed E-state index contributed by atoms with van der Waals surface area (Å²) in [6.07, 6.45) is 4.41. The maximum atomic E-state index is 12.5. The third-order valence-corrected chi connectivity index (χ3v) is 4.85. The van der Waals surface area contributed by atoms with Crippen LogP contribution in [0, 0.1) is 5.92 Å². The van der Waals surface area contributed by atoms with Crippen LogP contribution in [0.5, 0.6) is 0 Å². The normalized spacial score (nSPS) is 16.2. The molecule has 1 aromatic heterocycles. The lowest BCUT2D eigenvalue weighted by Crippen LogP contribution is -2.35. The Morgan fingerprint density at radius 2 is 1.93 bits per heavy atom. The molecule has 0 saturated carbocycles. The van der Waals surface area contributed by atoms with Crippen molar-refractivity contribution in [3.63, 3.8) is 0 Å². The molecule has 3 rings (SSSR count). The predicted molar refractivity (Wildman–Crippen MR) is 104 cm³/mol. The summed E-state index contributed by atoms with van der Waals surface area (Å²) in [7, 11) is 1.72. The van der Waals surface area contributed by atoms with Crippen LogP contribution in [0.3, 0.4) is 0 Å². The van der Waals surface area contributed by atoms with Crippen molar-refractivity contribution < 1.29 is 9.59 Å². The van der Waals surface area contributed by atoms with Gasteiger partial charge in [-0.2, -0.15) is 0 Å². The van der Waals surface area contributed by atoms with Crippen molar-refractivity contribution in [1.82, 2.24) is 20.2 Å². The summed E-state index contributed by atoms with van der Waals surface area (Å²) in [6, 6.07) is 7.58. The second-order valence-corrected chi connectivity index (χ2v) is 6.89. The molecule has 1 aliphatic rings. The number of nitrogens with zero attached hydrogens (tertiary/aromatic N) is 3. The van der Waals surface area contributed by atoms with Crippen molar-refractivity contribution in [3.8, 4) is 0 Å². The molecule has 1 aliphatic heterocycles. The van der Waals surface area contributed by atoms with Crippen LogP contribution >= 0.6 is 11.6 Å². The molecule has 1 fully saturated rings. The van der Waals surface area contributed by atoms with Gasteiger partial charge in [-0.05, 0) is 30.5 Å². The third-order valence-electron chi connectivity index (χ3n) is 4.59. The lowest BCUT2D eigenvalue weighted by molar-refractivity contribution is -0.124. The Balaban J connectivity index is 1.47. The molecule has 2 heterocycles. The van der Waals surface area contributed by atoms with E-state index in [1.54, 1.807) is 11.9 Å². The van der Waals surface area contributed by atoms with Gasteiger partial charge in [0.1, 0.15) is 0 Å². The van der Waals surface area contributed by atoms with Crippen LogP contribution in [0.25, 0.3) is 0 Å². The van der Waals surface area contributed by atoms with Crippen LogP contribution < -0.4 is 10.6 Å². The Kier molecular flexibility index (Phi) is 6.24. The van der Waals surface area contributed by atoms with Crippen LogP contribution in [0.2, 0.25) is 5.02 Å². The highest BCUT2D eigenvalue weighted by molar-refractivity contribution is 6.30. The van der Waals surface area contributed by atoms with E-state index < -0.39 is 0 Å². The molecule has 2 aromatic rings. The van der Waals surface area contributed by atoms with Gasteiger partial charge in [0.15, 0.2) is 0 Å². The molecule has 0 radical (unpaired) electrons. The van der Waals surface area contributed by atoms with Crippen molar-refractivity contribution in [3.05, 3.63) is 52.8 Å². The zero-order valence-corrected chi connectivity index (χ0v) is 15.9. The van der Waals surface area contributed by atoms with E-state index in [1.165, 1.54) is 12.4 Å². The van der Waals surface area contributed by atoms with E-state index in [0.717, 1.165) is 12.0 Å². The average Bonchev–Trinajstić information content (AvgIpc) is 3.19. The van der Waals surface area contributed by atoms with E-state index in [9.17, 15) is 9.59 Å². The molecular formula is C19H22ClN5O2. The van der Waals surface area contributed by atoms with E-state index in [4.69, 9.17) is 11.6 Å². The molecule has 2 amide bonds. The van der Waals surface area contributed by atoms with Crippen LogP contribution in [0.15, 0.2) is 36.7 Å². The topological polar surface area (TPSA) is 87.2 Å². The average molecular weight is 388 g/mol. The summed E-state index contributed by atoms with van der Waals surface area (Å²) in [5, 5.41) is 6.47. The number of carbonyl (C=O) groups excluding carboxylic acids is 2. The smallest absolute Gasteiger partial charge is 0.257 e. The first kappa shape index (κ1) is 19.1. The Morgan fingerprint density at radius 3 is 2.59 bits per heavy atom. The molecule has 27 heavy (non-hydrogen) atoms. The van der Waals surface area contributed by atoms with Gasteiger partial charge in [-0.1, -0.05) is 23.7 Å². The molecule has 1 atom stereocenters. The summed E-state index contributed by atoms with van der Waals surface area (Å²) in [5.41, 5.74) is 1.55. The van der Waals surface area contributed by atoms with Gasteiger partial charge < -0.3 is 15.5 Å². The molecule has 7 nitrogen and oxygen atoms in total. The number of anilines is 1. The summed E-state index contributed by atoms with van der Waals surface area (Å²) < 4.78 is 0. The molecule has 0 aliphatic carbocycles. The molecule has 142 valence electrons. The molecule has 1 aromatic carbocycles.